The number of carbonyl (C=O) groups is 3. The number of nitrogens with zero attached hydrogens (tertiary/aromatic N) is 2. The fourth-order valence-corrected chi connectivity index (χ4v) is 3.31. The first kappa shape index (κ1) is 16.5. The first-order chi connectivity index (χ1) is 11.6. The number of para-hydroxylation sites is 1. The van der Waals surface area contributed by atoms with Gasteiger partial charge < -0.3 is 15.1 Å². The summed E-state index contributed by atoms with van der Waals surface area (Å²) >= 11 is 0. The van der Waals surface area contributed by atoms with Gasteiger partial charge in [0.2, 0.25) is 17.7 Å². The highest BCUT2D eigenvalue weighted by Crippen LogP contribution is 2.24. The Hall–Kier alpha value is -2.37. The normalized spacial score (nSPS) is 20.8. The Labute approximate surface area is 141 Å². The highest BCUT2D eigenvalue weighted by atomic mass is 16.2. The Morgan fingerprint density at radius 3 is 2.67 bits per heavy atom. The fraction of sp³-hybridized carbons (Fsp3) is 0.500. The predicted octanol–water partition coefficient (Wildman–Crippen LogP) is 1.17. The Balaban J connectivity index is 1.43. The molecule has 1 aromatic rings. The molecule has 0 radical (unpaired) electrons. The van der Waals surface area contributed by atoms with Gasteiger partial charge in [-0.25, -0.2) is 0 Å². The van der Waals surface area contributed by atoms with Gasteiger partial charge >= 0.3 is 0 Å². The molecule has 128 valence electrons. The molecule has 0 bridgehead atoms. The second kappa shape index (κ2) is 7.47. The van der Waals surface area contributed by atoms with Crippen LogP contribution < -0.4 is 10.2 Å². The molecule has 3 rings (SSSR count). The van der Waals surface area contributed by atoms with Crippen molar-refractivity contribution in [2.75, 3.05) is 31.1 Å². The first-order valence-corrected chi connectivity index (χ1v) is 8.56. The lowest BCUT2D eigenvalue weighted by Gasteiger charge is -2.17. The zero-order valence-electron chi connectivity index (χ0n) is 13.7. The molecule has 0 saturated carbocycles. The van der Waals surface area contributed by atoms with Crippen LogP contribution in [0.3, 0.4) is 0 Å². The maximum atomic E-state index is 12.3. The summed E-state index contributed by atoms with van der Waals surface area (Å²) in [6.45, 7) is 2.49. The average Bonchev–Trinajstić information content (AvgIpc) is 3.18. The molecule has 1 N–H and O–H groups in total. The summed E-state index contributed by atoms with van der Waals surface area (Å²) in [5.41, 5.74) is 0.838. The topological polar surface area (TPSA) is 69.7 Å². The van der Waals surface area contributed by atoms with Crippen molar-refractivity contribution in [3.63, 3.8) is 0 Å². The molecule has 2 aliphatic heterocycles. The summed E-state index contributed by atoms with van der Waals surface area (Å²) in [7, 11) is 0. The van der Waals surface area contributed by atoms with Gasteiger partial charge in [-0.1, -0.05) is 18.2 Å². The molecule has 1 aromatic carbocycles. The molecule has 0 aromatic heterocycles. The van der Waals surface area contributed by atoms with Crippen molar-refractivity contribution in [2.45, 2.75) is 25.7 Å². The van der Waals surface area contributed by atoms with Crippen molar-refractivity contribution in [1.29, 1.82) is 0 Å². The van der Waals surface area contributed by atoms with Gasteiger partial charge in [-0.3, -0.25) is 14.4 Å². The number of hydrogen-bond acceptors (Lipinski definition) is 3. The fourth-order valence-electron chi connectivity index (χ4n) is 3.31. The number of amides is 3. The molecular formula is C18H23N3O3. The minimum absolute atomic E-state index is 0.0102. The molecular weight excluding hydrogens is 306 g/mol. The van der Waals surface area contributed by atoms with Crippen molar-refractivity contribution in [3.05, 3.63) is 30.3 Å². The number of hydrogen-bond donors (Lipinski definition) is 1. The smallest absolute Gasteiger partial charge is 0.227 e. The summed E-state index contributed by atoms with van der Waals surface area (Å²) in [6.07, 6.45) is 2.59. The number of carbonyl (C=O) groups excluding carboxylic acids is 3. The van der Waals surface area contributed by atoms with Gasteiger partial charge in [-0.05, 0) is 25.0 Å². The molecule has 1 atom stereocenters. The Bertz CT molecular complexity index is 617. The van der Waals surface area contributed by atoms with Crippen LogP contribution in [0.25, 0.3) is 0 Å². The molecule has 2 saturated heterocycles. The van der Waals surface area contributed by atoms with E-state index < -0.39 is 0 Å². The molecule has 0 spiro atoms. The third kappa shape index (κ3) is 3.75. The van der Waals surface area contributed by atoms with Crippen LogP contribution in [-0.2, 0) is 14.4 Å². The third-order valence-corrected chi connectivity index (χ3v) is 4.64. The van der Waals surface area contributed by atoms with Crippen LogP contribution in [-0.4, -0.2) is 48.8 Å². The van der Waals surface area contributed by atoms with E-state index in [0.29, 0.717) is 26.1 Å². The minimum atomic E-state index is -0.300. The Kier molecular flexibility index (Phi) is 5.13. The second-order valence-electron chi connectivity index (χ2n) is 6.37. The zero-order chi connectivity index (χ0) is 16.9. The first-order valence-electron chi connectivity index (χ1n) is 8.56. The highest BCUT2D eigenvalue weighted by molar-refractivity contribution is 6.00. The molecule has 2 aliphatic rings. The van der Waals surface area contributed by atoms with E-state index in [1.54, 1.807) is 4.90 Å². The van der Waals surface area contributed by atoms with Crippen LogP contribution in [0.4, 0.5) is 5.69 Å². The molecule has 24 heavy (non-hydrogen) atoms. The molecule has 2 heterocycles. The van der Waals surface area contributed by atoms with E-state index in [-0.39, 0.29) is 30.1 Å². The summed E-state index contributed by atoms with van der Waals surface area (Å²) < 4.78 is 0. The van der Waals surface area contributed by atoms with Gasteiger partial charge in [0.25, 0.3) is 0 Å². The standard InChI is InChI=1S/C18H23N3O3/c22-16-8-4-10-20(16)11-5-9-19-18(24)14-12-17(23)21(13-14)15-6-2-1-3-7-15/h1-3,6-7,14H,4-5,8-13H2,(H,19,24)/t14-/m0/s1. The lowest BCUT2D eigenvalue weighted by atomic mass is 10.1. The minimum Gasteiger partial charge on any atom is -0.356 e. The van der Waals surface area contributed by atoms with E-state index in [0.717, 1.165) is 25.1 Å². The highest BCUT2D eigenvalue weighted by Gasteiger charge is 2.34. The lowest BCUT2D eigenvalue weighted by molar-refractivity contribution is -0.127. The van der Waals surface area contributed by atoms with Crippen molar-refractivity contribution < 1.29 is 14.4 Å². The van der Waals surface area contributed by atoms with E-state index in [1.165, 1.54) is 0 Å². The average molecular weight is 329 g/mol. The number of likely N-dealkylation sites (tertiary alicyclic amines) is 1. The van der Waals surface area contributed by atoms with Crippen molar-refractivity contribution in [3.8, 4) is 0 Å². The quantitative estimate of drug-likeness (QED) is 0.797. The van der Waals surface area contributed by atoms with Gasteiger partial charge in [0, 0.05) is 44.7 Å². The van der Waals surface area contributed by atoms with Crippen LogP contribution >= 0.6 is 0 Å². The van der Waals surface area contributed by atoms with E-state index in [2.05, 4.69) is 5.32 Å². The monoisotopic (exact) mass is 329 g/mol. The van der Waals surface area contributed by atoms with Crippen LogP contribution in [0.1, 0.15) is 25.7 Å². The molecule has 6 nitrogen and oxygen atoms in total. The molecule has 6 heteroatoms. The SMILES string of the molecule is O=C(NCCCN1CCCC1=O)[C@H]1CC(=O)N(c2ccccc2)C1. The number of benzene rings is 1. The number of anilines is 1. The summed E-state index contributed by atoms with van der Waals surface area (Å²) in [4.78, 5) is 39.4. The summed E-state index contributed by atoms with van der Waals surface area (Å²) in [6, 6.07) is 9.43. The van der Waals surface area contributed by atoms with Crippen LogP contribution in [0.15, 0.2) is 30.3 Å². The van der Waals surface area contributed by atoms with E-state index in [9.17, 15) is 14.4 Å². The van der Waals surface area contributed by atoms with Gasteiger partial charge in [-0.15, -0.1) is 0 Å². The Morgan fingerprint density at radius 2 is 1.96 bits per heavy atom. The van der Waals surface area contributed by atoms with E-state index >= 15 is 0 Å². The lowest BCUT2D eigenvalue weighted by Crippen LogP contribution is -2.35. The Morgan fingerprint density at radius 1 is 1.17 bits per heavy atom. The van der Waals surface area contributed by atoms with Crippen molar-refractivity contribution >= 4 is 23.4 Å². The third-order valence-electron chi connectivity index (χ3n) is 4.64. The van der Waals surface area contributed by atoms with E-state index in [1.807, 2.05) is 35.2 Å². The number of rotatable bonds is 6. The van der Waals surface area contributed by atoms with E-state index in [4.69, 9.17) is 0 Å². The zero-order valence-corrected chi connectivity index (χ0v) is 13.7. The molecule has 0 aliphatic carbocycles. The molecule has 2 fully saturated rings. The maximum Gasteiger partial charge on any atom is 0.227 e. The largest absolute Gasteiger partial charge is 0.356 e. The van der Waals surface area contributed by atoms with Crippen LogP contribution in [0.2, 0.25) is 0 Å². The van der Waals surface area contributed by atoms with Crippen LogP contribution in [0, 0.1) is 5.92 Å². The molecule has 0 unspecified atom stereocenters. The maximum absolute atomic E-state index is 12.3. The number of nitrogens with one attached hydrogen (secondary N) is 1. The van der Waals surface area contributed by atoms with Gasteiger partial charge in [0.15, 0.2) is 0 Å². The van der Waals surface area contributed by atoms with Crippen LogP contribution in [0.5, 0.6) is 0 Å². The summed E-state index contributed by atoms with van der Waals surface area (Å²) in [5.74, 6) is -0.175. The van der Waals surface area contributed by atoms with Gasteiger partial charge in [-0.2, -0.15) is 0 Å². The van der Waals surface area contributed by atoms with Crippen molar-refractivity contribution in [1.82, 2.24) is 10.2 Å². The van der Waals surface area contributed by atoms with Gasteiger partial charge in [0.05, 0.1) is 5.92 Å². The second-order valence-corrected chi connectivity index (χ2v) is 6.37. The predicted molar refractivity (Wildman–Crippen MR) is 90.3 cm³/mol. The van der Waals surface area contributed by atoms with Gasteiger partial charge in [0.1, 0.15) is 0 Å². The molecule has 3 amide bonds. The summed E-state index contributed by atoms with van der Waals surface area (Å²) in [5, 5.41) is 2.90. The van der Waals surface area contributed by atoms with Crippen molar-refractivity contribution in [2.24, 2.45) is 5.92 Å².